The Labute approximate surface area is 138 Å². The second kappa shape index (κ2) is 7.07. The van der Waals surface area contributed by atoms with Crippen molar-refractivity contribution in [1.29, 1.82) is 0 Å². The fraction of sp³-hybridized carbons (Fsp3) is 0.429. The van der Waals surface area contributed by atoms with Crippen LogP contribution in [0, 0.1) is 0 Å². The Morgan fingerprint density at radius 2 is 1.77 bits per heavy atom. The maximum absolute atomic E-state index is 11.7. The number of phenolic OH excluding ortho intramolecular Hbond substituents is 1. The molecule has 3 N–H and O–H groups in total. The number of amides is 1. The number of nitrogens with one attached hydrogen (secondary N) is 1. The quantitative estimate of drug-likeness (QED) is 0.775. The van der Waals surface area contributed by atoms with Gasteiger partial charge in [0.25, 0.3) is 0 Å². The third kappa shape index (κ3) is 5.61. The molecule has 122 valence electrons. The maximum atomic E-state index is 11.7. The molecular weight excluding hydrogens is 333 g/mol. The summed E-state index contributed by atoms with van der Waals surface area (Å²) in [5.41, 5.74) is -0.283. The summed E-state index contributed by atoms with van der Waals surface area (Å²) in [6.07, 6.45) is -0.898. The van der Waals surface area contributed by atoms with E-state index in [0.717, 1.165) is 0 Å². The van der Waals surface area contributed by atoms with Gasteiger partial charge in [-0.2, -0.15) is 0 Å². The predicted molar refractivity (Wildman–Crippen MR) is 82.6 cm³/mol. The Morgan fingerprint density at radius 3 is 2.18 bits per heavy atom. The first-order chi connectivity index (χ1) is 9.99. The highest BCUT2D eigenvalue weighted by atomic mass is 35.5. The maximum Gasteiger partial charge on any atom is 0.408 e. The van der Waals surface area contributed by atoms with Gasteiger partial charge in [0.05, 0.1) is 10.0 Å². The SMILES string of the molecule is CC(C)(C)OC(=O)N[C@@H](Cc1cc(Cl)c(O)c(Cl)c1)C(=O)O. The number of alkyl carbamates (subject to hydrolysis) is 1. The van der Waals surface area contributed by atoms with Crippen molar-refractivity contribution in [3.63, 3.8) is 0 Å². The summed E-state index contributed by atoms with van der Waals surface area (Å²) in [5, 5.41) is 20.9. The average molecular weight is 350 g/mol. The number of carbonyl (C=O) groups is 2. The topological polar surface area (TPSA) is 95.9 Å². The van der Waals surface area contributed by atoms with Crippen molar-refractivity contribution >= 4 is 35.3 Å². The summed E-state index contributed by atoms with van der Waals surface area (Å²) >= 11 is 11.6. The number of carboxylic acid groups (broad SMARTS) is 1. The van der Waals surface area contributed by atoms with Gasteiger partial charge in [-0.3, -0.25) is 0 Å². The van der Waals surface area contributed by atoms with E-state index in [1.54, 1.807) is 20.8 Å². The number of carbonyl (C=O) groups excluding carboxylic acids is 1. The monoisotopic (exact) mass is 349 g/mol. The van der Waals surface area contributed by atoms with E-state index in [1.807, 2.05) is 0 Å². The Bertz CT molecular complexity index is 560. The van der Waals surface area contributed by atoms with Crippen LogP contribution < -0.4 is 5.32 Å². The molecule has 0 heterocycles. The molecule has 1 atom stereocenters. The molecule has 6 nitrogen and oxygen atoms in total. The van der Waals surface area contributed by atoms with Crippen molar-refractivity contribution in [3.8, 4) is 5.75 Å². The van der Waals surface area contributed by atoms with Crippen LogP contribution in [-0.2, 0) is 16.0 Å². The van der Waals surface area contributed by atoms with E-state index in [-0.39, 0.29) is 22.2 Å². The zero-order chi connectivity index (χ0) is 17.1. The summed E-state index contributed by atoms with van der Waals surface area (Å²) in [6, 6.07) is 1.55. The molecule has 0 aliphatic rings. The molecule has 1 aromatic carbocycles. The Balaban J connectivity index is 2.85. The minimum absolute atomic E-state index is 0.00362. The molecular formula is C14H17Cl2NO5. The fourth-order valence-electron chi connectivity index (χ4n) is 1.62. The Hall–Kier alpha value is -1.66. The van der Waals surface area contributed by atoms with Crippen LogP contribution in [0.25, 0.3) is 0 Å². The number of aliphatic carboxylic acids is 1. The lowest BCUT2D eigenvalue weighted by atomic mass is 10.1. The van der Waals surface area contributed by atoms with Gasteiger partial charge in [0.1, 0.15) is 11.6 Å². The molecule has 0 aromatic heterocycles. The Kier molecular flexibility index (Phi) is 5.91. The highest BCUT2D eigenvalue weighted by molar-refractivity contribution is 6.37. The zero-order valence-electron chi connectivity index (χ0n) is 12.3. The van der Waals surface area contributed by atoms with E-state index in [9.17, 15) is 19.8 Å². The van der Waals surface area contributed by atoms with Gasteiger partial charge in [-0.15, -0.1) is 0 Å². The van der Waals surface area contributed by atoms with Gasteiger partial charge in [-0.05, 0) is 38.5 Å². The van der Waals surface area contributed by atoms with Gasteiger partial charge in [0.2, 0.25) is 0 Å². The highest BCUT2D eigenvalue weighted by Crippen LogP contribution is 2.33. The van der Waals surface area contributed by atoms with Crippen molar-refractivity contribution in [3.05, 3.63) is 27.7 Å². The van der Waals surface area contributed by atoms with Crippen molar-refractivity contribution in [2.45, 2.75) is 38.8 Å². The summed E-state index contributed by atoms with van der Waals surface area (Å²) in [7, 11) is 0. The second-order valence-corrected chi connectivity index (χ2v) is 6.46. The van der Waals surface area contributed by atoms with E-state index >= 15 is 0 Å². The summed E-state index contributed by atoms with van der Waals surface area (Å²) < 4.78 is 5.02. The average Bonchev–Trinajstić information content (AvgIpc) is 2.32. The lowest BCUT2D eigenvalue weighted by Crippen LogP contribution is -2.44. The first-order valence-corrected chi connectivity index (χ1v) is 7.14. The van der Waals surface area contributed by atoms with Gasteiger partial charge in [-0.1, -0.05) is 23.2 Å². The molecule has 0 saturated carbocycles. The number of rotatable bonds is 4. The minimum atomic E-state index is -1.23. The number of carboxylic acids is 1. The molecule has 0 fully saturated rings. The van der Waals surface area contributed by atoms with Gasteiger partial charge < -0.3 is 20.3 Å². The largest absolute Gasteiger partial charge is 0.505 e. The minimum Gasteiger partial charge on any atom is -0.505 e. The van der Waals surface area contributed by atoms with Crippen LogP contribution in [0.5, 0.6) is 5.75 Å². The third-order valence-corrected chi connectivity index (χ3v) is 3.08. The van der Waals surface area contributed by atoms with Gasteiger partial charge >= 0.3 is 12.1 Å². The highest BCUT2D eigenvalue weighted by Gasteiger charge is 2.24. The molecule has 1 rings (SSSR count). The third-order valence-electron chi connectivity index (χ3n) is 2.51. The number of hydrogen-bond acceptors (Lipinski definition) is 4. The molecule has 0 saturated heterocycles. The smallest absolute Gasteiger partial charge is 0.408 e. The molecule has 0 spiro atoms. The van der Waals surface area contributed by atoms with Crippen LogP contribution >= 0.6 is 23.2 Å². The summed E-state index contributed by atoms with van der Waals surface area (Å²) in [6.45, 7) is 5.01. The standard InChI is InChI=1S/C14H17Cl2NO5/c1-14(2,3)22-13(21)17-10(12(19)20)6-7-4-8(15)11(18)9(16)5-7/h4-5,10,18H,6H2,1-3H3,(H,17,21)(H,19,20)/t10-/m0/s1. The summed E-state index contributed by atoms with van der Waals surface area (Å²) in [5.74, 6) is -1.51. The van der Waals surface area contributed by atoms with Gasteiger partial charge in [-0.25, -0.2) is 9.59 Å². The predicted octanol–water partition coefficient (Wildman–Crippen LogP) is 3.22. The van der Waals surface area contributed by atoms with Crippen LogP contribution in [0.4, 0.5) is 4.79 Å². The first kappa shape index (κ1) is 18.4. The van der Waals surface area contributed by atoms with E-state index in [4.69, 9.17) is 27.9 Å². The van der Waals surface area contributed by atoms with E-state index < -0.39 is 23.7 Å². The van der Waals surface area contributed by atoms with Crippen molar-refractivity contribution < 1.29 is 24.5 Å². The van der Waals surface area contributed by atoms with Gasteiger partial charge in [0, 0.05) is 6.42 Å². The fourth-order valence-corrected chi connectivity index (χ4v) is 2.15. The van der Waals surface area contributed by atoms with Crippen LogP contribution in [0.15, 0.2) is 12.1 Å². The molecule has 0 unspecified atom stereocenters. The number of halogens is 2. The summed E-state index contributed by atoms with van der Waals surface area (Å²) in [4.78, 5) is 22.9. The number of ether oxygens (including phenoxy) is 1. The van der Waals surface area contributed by atoms with E-state index in [0.29, 0.717) is 5.56 Å². The lowest BCUT2D eigenvalue weighted by molar-refractivity contribution is -0.139. The van der Waals surface area contributed by atoms with Crippen molar-refractivity contribution in [1.82, 2.24) is 5.32 Å². The molecule has 1 aromatic rings. The molecule has 0 aliphatic carbocycles. The number of phenols is 1. The van der Waals surface area contributed by atoms with Crippen LogP contribution in [0.1, 0.15) is 26.3 Å². The molecule has 1 amide bonds. The molecule has 0 bridgehead atoms. The molecule has 0 aliphatic heterocycles. The normalized spacial score (nSPS) is 12.6. The molecule has 22 heavy (non-hydrogen) atoms. The Morgan fingerprint density at radius 1 is 1.27 bits per heavy atom. The van der Waals surface area contributed by atoms with E-state index in [2.05, 4.69) is 5.32 Å². The van der Waals surface area contributed by atoms with Crippen molar-refractivity contribution in [2.24, 2.45) is 0 Å². The number of benzene rings is 1. The van der Waals surface area contributed by atoms with Crippen molar-refractivity contribution in [2.75, 3.05) is 0 Å². The molecule has 8 heteroatoms. The lowest BCUT2D eigenvalue weighted by Gasteiger charge is -2.22. The molecule has 0 radical (unpaired) electrons. The van der Waals surface area contributed by atoms with E-state index in [1.165, 1.54) is 12.1 Å². The van der Waals surface area contributed by atoms with Gasteiger partial charge in [0.15, 0.2) is 5.75 Å². The number of hydrogen-bond donors (Lipinski definition) is 3. The van der Waals surface area contributed by atoms with Crippen LogP contribution in [-0.4, -0.2) is 33.9 Å². The van der Waals surface area contributed by atoms with Crippen LogP contribution in [0.2, 0.25) is 10.0 Å². The first-order valence-electron chi connectivity index (χ1n) is 6.39. The second-order valence-electron chi connectivity index (χ2n) is 5.65. The zero-order valence-corrected chi connectivity index (χ0v) is 13.8. The number of aromatic hydroxyl groups is 1. The van der Waals surface area contributed by atoms with Crippen LogP contribution in [0.3, 0.4) is 0 Å².